The molecule has 4 rings (SSSR count). The van der Waals surface area contributed by atoms with Gasteiger partial charge in [-0.05, 0) is 56.2 Å². The van der Waals surface area contributed by atoms with Gasteiger partial charge in [0.25, 0.3) is 0 Å². The molecule has 0 saturated carbocycles. The number of aromatic nitrogens is 2. The molecule has 1 aromatic heterocycles. The maximum Gasteiger partial charge on any atom is 0.229 e. The third-order valence-electron chi connectivity index (χ3n) is 5.90. The van der Waals surface area contributed by atoms with Crippen molar-refractivity contribution < 1.29 is 1.43 Å². The van der Waals surface area contributed by atoms with Crippen molar-refractivity contribution >= 4 is 29.0 Å². The van der Waals surface area contributed by atoms with E-state index >= 15 is 0 Å². The molecule has 1 N–H and O–H groups in total. The number of anilines is 5. The standard InChI is InChI=1S/C25H32N6.C2H6.H2/c1-18-6-10-22(11-7-18)30-12-14-31(15-13-30)25-27-23(17-24(28-25)29(4)5)26-21-9-8-19(2)20(3)16-21;1-2;/h6-11,16-17H,12-15H2,1-5H3,(H,26,27,28);1-2H3;1H. The molecule has 6 heteroatoms. The molecular formula is C27H40N6. The van der Waals surface area contributed by atoms with Gasteiger partial charge in [0.15, 0.2) is 0 Å². The highest BCUT2D eigenvalue weighted by molar-refractivity contribution is 5.63. The quantitative estimate of drug-likeness (QED) is 0.531. The topological polar surface area (TPSA) is 47.5 Å². The second-order valence-electron chi connectivity index (χ2n) is 8.54. The lowest BCUT2D eigenvalue weighted by Crippen LogP contribution is -2.47. The molecule has 0 unspecified atom stereocenters. The molecule has 0 aliphatic carbocycles. The maximum absolute atomic E-state index is 4.85. The van der Waals surface area contributed by atoms with E-state index in [1.165, 1.54) is 22.4 Å². The van der Waals surface area contributed by atoms with E-state index in [0.29, 0.717) is 0 Å². The Hall–Kier alpha value is -3.28. The third-order valence-corrected chi connectivity index (χ3v) is 5.90. The van der Waals surface area contributed by atoms with E-state index in [1.54, 1.807) is 0 Å². The lowest BCUT2D eigenvalue weighted by molar-refractivity contribution is 0.640. The van der Waals surface area contributed by atoms with Gasteiger partial charge in [-0.3, -0.25) is 0 Å². The van der Waals surface area contributed by atoms with Crippen molar-refractivity contribution in [1.29, 1.82) is 0 Å². The van der Waals surface area contributed by atoms with Gasteiger partial charge in [0.05, 0.1) is 0 Å². The van der Waals surface area contributed by atoms with E-state index in [9.17, 15) is 0 Å². The first-order valence-electron chi connectivity index (χ1n) is 11.9. The predicted octanol–water partition coefficient (Wildman–Crippen LogP) is 5.81. The first-order valence-corrected chi connectivity index (χ1v) is 11.9. The minimum atomic E-state index is 0. The number of rotatable bonds is 5. The number of hydrogen-bond acceptors (Lipinski definition) is 6. The second-order valence-corrected chi connectivity index (χ2v) is 8.54. The smallest absolute Gasteiger partial charge is 0.229 e. The van der Waals surface area contributed by atoms with E-state index in [4.69, 9.17) is 9.97 Å². The van der Waals surface area contributed by atoms with Crippen LogP contribution in [0.15, 0.2) is 48.5 Å². The highest BCUT2D eigenvalue weighted by atomic mass is 15.3. The molecule has 3 aromatic rings. The van der Waals surface area contributed by atoms with Gasteiger partial charge in [-0.25, -0.2) is 0 Å². The SMILES string of the molecule is CC.Cc1ccc(N2CCN(c3nc(Nc4ccc(C)c(C)c4)cc(N(C)C)n3)CC2)cc1.[HH]. The molecule has 0 amide bonds. The molecule has 178 valence electrons. The Balaban J connectivity index is 0.00000133. The number of nitrogens with zero attached hydrogens (tertiary/aromatic N) is 5. The minimum Gasteiger partial charge on any atom is -0.368 e. The van der Waals surface area contributed by atoms with Crippen LogP contribution in [0.4, 0.5) is 29.0 Å². The van der Waals surface area contributed by atoms with Gasteiger partial charge >= 0.3 is 0 Å². The fourth-order valence-electron chi connectivity index (χ4n) is 3.74. The van der Waals surface area contributed by atoms with E-state index in [1.807, 2.05) is 38.9 Å². The lowest BCUT2D eigenvalue weighted by Gasteiger charge is -2.36. The zero-order valence-corrected chi connectivity index (χ0v) is 21.2. The molecule has 1 aliphatic heterocycles. The Kier molecular flexibility index (Phi) is 8.15. The minimum absolute atomic E-state index is 0. The molecule has 0 bridgehead atoms. The predicted molar refractivity (Wildman–Crippen MR) is 145 cm³/mol. The Morgan fingerprint density at radius 2 is 1.42 bits per heavy atom. The molecule has 2 heterocycles. The summed E-state index contributed by atoms with van der Waals surface area (Å²) < 4.78 is 0. The molecule has 1 aliphatic rings. The monoisotopic (exact) mass is 448 g/mol. The Morgan fingerprint density at radius 1 is 0.788 bits per heavy atom. The van der Waals surface area contributed by atoms with E-state index < -0.39 is 0 Å². The van der Waals surface area contributed by atoms with E-state index in [2.05, 4.69) is 78.4 Å². The summed E-state index contributed by atoms with van der Waals surface area (Å²) in [6.07, 6.45) is 0. The van der Waals surface area contributed by atoms with Gasteiger partial charge < -0.3 is 20.0 Å². The maximum atomic E-state index is 4.85. The fourth-order valence-corrected chi connectivity index (χ4v) is 3.74. The van der Waals surface area contributed by atoms with Crippen molar-refractivity contribution in [2.45, 2.75) is 34.6 Å². The summed E-state index contributed by atoms with van der Waals surface area (Å²) in [5.74, 6) is 2.50. The number of aryl methyl sites for hydroxylation is 3. The molecule has 6 nitrogen and oxygen atoms in total. The molecule has 0 spiro atoms. The van der Waals surface area contributed by atoms with Crippen LogP contribution in [0.3, 0.4) is 0 Å². The molecule has 1 fully saturated rings. The summed E-state index contributed by atoms with van der Waals surface area (Å²) in [4.78, 5) is 16.4. The van der Waals surface area contributed by atoms with Crippen molar-refractivity contribution in [2.24, 2.45) is 0 Å². The number of piperazine rings is 1. The number of nitrogens with one attached hydrogen (secondary N) is 1. The van der Waals surface area contributed by atoms with Gasteiger partial charge in [-0.2, -0.15) is 9.97 Å². The number of hydrogen-bond donors (Lipinski definition) is 1. The van der Waals surface area contributed by atoms with Crippen molar-refractivity contribution in [1.82, 2.24) is 9.97 Å². The van der Waals surface area contributed by atoms with Gasteiger partial charge in [0.2, 0.25) is 5.95 Å². The molecule has 0 radical (unpaired) electrons. The summed E-state index contributed by atoms with van der Waals surface area (Å²) in [6.45, 7) is 14.1. The largest absolute Gasteiger partial charge is 0.368 e. The molecule has 33 heavy (non-hydrogen) atoms. The van der Waals surface area contributed by atoms with Crippen LogP contribution in [0.5, 0.6) is 0 Å². The van der Waals surface area contributed by atoms with E-state index in [-0.39, 0.29) is 1.43 Å². The Labute approximate surface area is 200 Å². The van der Waals surface area contributed by atoms with Crippen LogP contribution in [-0.4, -0.2) is 50.2 Å². The van der Waals surface area contributed by atoms with Crippen molar-refractivity contribution in [3.8, 4) is 0 Å². The van der Waals surface area contributed by atoms with Gasteiger partial charge in [0, 0.05) is 59.1 Å². The van der Waals surface area contributed by atoms with Crippen LogP contribution in [-0.2, 0) is 0 Å². The summed E-state index contributed by atoms with van der Waals surface area (Å²) in [5.41, 5.74) is 6.17. The first kappa shape index (κ1) is 24.4. The van der Waals surface area contributed by atoms with Crippen LogP contribution >= 0.6 is 0 Å². The molecule has 0 atom stereocenters. The normalized spacial score (nSPS) is 13.3. The van der Waals surface area contributed by atoms with Crippen molar-refractivity contribution in [2.75, 3.05) is 60.3 Å². The average Bonchev–Trinajstić information content (AvgIpc) is 2.83. The van der Waals surface area contributed by atoms with Crippen molar-refractivity contribution in [3.63, 3.8) is 0 Å². The van der Waals surface area contributed by atoms with Crippen LogP contribution in [0.2, 0.25) is 0 Å². The summed E-state index contributed by atoms with van der Waals surface area (Å²) in [6, 6.07) is 17.2. The highest BCUT2D eigenvalue weighted by Gasteiger charge is 2.21. The first-order chi connectivity index (χ1) is 15.9. The summed E-state index contributed by atoms with van der Waals surface area (Å²) >= 11 is 0. The molecular weight excluding hydrogens is 408 g/mol. The zero-order valence-electron chi connectivity index (χ0n) is 21.2. The average molecular weight is 449 g/mol. The summed E-state index contributed by atoms with van der Waals surface area (Å²) in [7, 11) is 4.03. The molecule has 1 saturated heterocycles. The van der Waals surface area contributed by atoms with Crippen LogP contribution in [0.25, 0.3) is 0 Å². The van der Waals surface area contributed by atoms with Crippen LogP contribution < -0.4 is 20.0 Å². The number of benzene rings is 2. The van der Waals surface area contributed by atoms with Crippen LogP contribution in [0.1, 0.15) is 32.0 Å². The Morgan fingerprint density at radius 3 is 2.03 bits per heavy atom. The van der Waals surface area contributed by atoms with Gasteiger partial charge in [0.1, 0.15) is 11.6 Å². The Bertz CT molecular complexity index is 1040. The molecule has 2 aromatic carbocycles. The highest BCUT2D eigenvalue weighted by Crippen LogP contribution is 2.25. The van der Waals surface area contributed by atoms with Crippen molar-refractivity contribution in [3.05, 3.63) is 65.2 Å². The van der Waals surface area contributed by atoms with Gasteiger partial charge in [-0.15, -0.1) is 0 Å². The van der Waals surface area contributed by atoms with Gasteiger partial charge in [-0.1, -0.05) is 37.6 Å². The van der Waals surface area contributed by atoms with Crippen LogP contribution in [0, 0.1) is 20.8 Å². The zero-order chi connectivity index (χ0) is 24.0. The lowest BCUT2D eigenvalue weighted by atomic mass is 10.1. The summed E-state index contributed by atoms with van der Waals surface area (Å²) in [5, 5.41) is 3.47. The van der Waals surface area contributed by atoms with E-state index in [0.717, 1.165) is 49.5 Å². The second kappa shape index (κ2) is 11.0. The fraction of sp³-hybridized carbons (Fsp3) is 0.407. The third kappa shape index (κ3) is 6.15.